The van der Waals surface area contributed by atoms with Gasteiger partial charge in [-0.1, -0.05) is 24.6 Å². The number of fused-ring (bicyclic) bond motifs is 1. The van der Waals surface area contributed by atoms with Gasteiger partial charge in [-0.25, -0.2) is 9.69 Å². The van der Waals surface area contributed by atoms with Crippen molar-refractivity contribution >= 4 is 23.5 Å². The SMILES string of the molecule is O=C(CCC1NC(=O)N(c2ccccc2)C1=O)NCC1CCCN2CCCCC12. The van der Waals surface area contributed by atoms with Crippen LogP contribution in [-0.2, 0) is 9.59 Å². The Kier molecular flexibility index (Phi) is 6.13. The first kappa shape index (κ1) is 19.9. The molecule has 3 aliphatic rings. The number of rotatable bonds is 6. The van der Waals surface area contributed by atoms with Crippen molar-refractivity contribution in [2.75, 3.05) is 24.5 Å². The third-order valence-corrected chi connectivity index (χ3v) is 6.48. The molecule has 156 valence electrons. The minimum atomic E-state index is -0.642. The Labute approximate surface area is 171 Å². The lowest BCUT2D eigenvalue weighted by molar-refractivity contribution is -0.122. The van der Waals surface area contributed by atoms with Crippen molar-refractivity contribution in [1.29, 1.82) is 0 Å². The van der Waals surface area contributed by atoms with E-state index in [0.717, 1.165) is 4.90 Å². The number of imide groups is 1. The molecule has 0 spiro atoms. The molecule has 2 N–H and O–H groups in total. The predicted molar refractivity (Wildman–Crippen MR) is 110 cm³/mol. The number of carbonyl (C=O) groups is 3. The lowest BCUT2D eigenvalue weighted by atomic mass is 9.83. The third kappa shape index (κ3) is 4.45. The topological polar surface area (TPSA) is 81.8 Å². The molecule has 3 fully saturated rings. The zero-order chi connectivity index (χ0) is 20.2. The van der Waals surface area contributed by atoms with Gasteiger partial charge in [-0.2, -0.15) is 0 Å². The molecule has 3 saturated heterocycles. The zero-order valence-corrected chi connectivity index (χ0v) is 16.8. The Bertz CT molecular complexity index is 752. The van der Waals surface area contributed by atoms with E-state index in [-0.39, 0.29) is 18.2 Å². The minimum Gasteiger partial charge on any atom is -0.356 e. The summed E-state index contributed by atoms with van der Waals surface area (Å²) < 4.78 is 0. The van der Waals surface area contributed by atoms with E-state index in [9.17, 15) is 14.4 Å². The second-order valence-electron chi connectivity index (χ2n) is 8.36. The smallest absolute Gasteiger partial charge is 0.329 e. The molecule has 3 unspecified atom stereocenters. The Morgan fingerprint density at radius 2 is 1.86 bits per heavy atom. The Morgan fingerprint density at radius 1 is 1.07 bits per heavy atom. The van der Waals surface area contributed by atoms with Crippen LogP contribution in [0.5, 0.6) is 0 Å². The molecule has 1 aromatic carbocycles. The maximum atomic E-state index is 12.6. The molecule has 7 nitrogen and oxygen atoms in total. The summed E-state index contributed by atoms with van der Waals surface area (Å²) in [5.41, 5.74) is 0.552. The van der Waals surface area contributed by atoms with Crippen LogP contribution in [0.2, 0.25) is 0 Å². The van der Waals surface area contributed by atoms with Crippen molar-refractivity contribution in [2.24, 2.45) is 5.92 Å². The summed E-state index contributed by atoms with van der Waals surface area (Å²) in [6, 6.07) is 8.40. The summed E-state index contributed by atoms with van der Waals surface area (Å²) in [5, 5.41) is 5.78. The Hall–Kier alpha value is -2.41. The third-order valence-electron chi connectivity index (χ3n) is 6.48. The first-order valence-corrected chi connectivity index (χ1v) is 10.8. The Morgan fingerprint density at radius 3 is 2.69 bits per heavy atom. The minimum absolute atomic E-state index is 0.0434. The van der Waals surface area contributed by atoms with Gasteiger partial charge in [-0.15, -0.1) is 0 Å². The van der Waals surface area contributed by atoms with Crippen LogP contribution >= 0.6 is 0 Å². The lowest BCUT2D eigenvalue weighted by Crippen LogP contribution is -2.51. The van der Waals surface area contributed by atoms with Crippen LogP contribution in [0.25, 0.3) is 0 Å². The van der Waals surface area contributed by atoms with E-state index in [1.807, 2.05) is 6.07 Å². The number of benzene rings is 1. The number of nitrogens with one attached hydrogen (secondary N) is 2. The number of nitrogens with zero attached hydrogens (tertiary/aromatic N) is 2. The molecule has 3 heterocycles. The molecular weight excluding hydrogens is 368 g/mol. The molecule has 0 saturated carbocycles. The molecule has 7 heteroatoms. The van der Waals surface area contributed by atoms with E-state index in [2.05, 4.69) is 15.5 Å². The first-order chi connectivity index (χ1) is 14.1. The predicted octanol–water partition coefficient (Wildman–Crippen LogP) is 2.27. The number of amides is 4. The lowest BCUT2D eigenvalue weighted by Gasteiger charge is -2.44. The van der Waals surface area contributed by atoms with Crippen molar-refractivity contribution in [1.82, 2.24) is 15.5 Å². The van der Waals surface area contributed by atoms with E-state index >= 15 is 0 Å². The molecule has 3 atom stereocenters. The summed E-state index contributed by atoms with van der Waals surface area (Å²) in [4.78, 5) is 40.9. The van der Waals surface area contributed by atoms with Crippen LogP contribution < -0.4 is 15.5 Å². The van der Waals surface area contributed by atoms with Crippen LogP contribution in [0.3, 0.4) is 0 Å². The molecule has 0 radical (unpaired) electrons. The quantitative estimate of drug-likeness (QED) is 0.721. The highest BCUT2D eigenvalue weighted by Crippen LogP contribution is 2.30. The second kappa shape index (κ2) is 8.95. The fraction of sp³-hybridized carbons (Fsp3) is 0.591. The van der Waals surface area contributed by atoms with Crippen LogP contribution in [0.15, 0.2) is 30.3 Å². The number of anilines is 1. The monoisotopic (exact) mass is 398 g/mol. The summed E-state index contributed by atoms with van der Waals surface area (Å²) in [6.45, 7) is 3.09. The standard InChI is InChI=1S/C22H30N4O3/c27-20(23-15-16-7-6-14-25-13-5-4-10-19(16)25)12-11-18-21(28)26(22(29)24-18)17-8-2-1-3-9-17/h1-3,8-9,16,18-19H,4-7,10-15H2,(H,23,27)(H,24,29). The Balaban J connectivity index is 1.24. The summed E-state index contributed by atoms with van der Waals surface area (Å²) in [6.07, 6.45) is 6.74. The summed E-state index contributed by atoms with van der Waals surface area (Å²) in [7, 11) is 0. The van der Waals surface area contributed by atoms with Gasteiger partial charge in [0.1, 0.15) is 6.04 Å². The van der Waals surface area contributed by atoms with Gasteiger partial charge in [0.25, 0.3) is 5.91 Å². The average Bonchev–Trinajstić information content (AvgIpc) is 3.04. The number of para-hydroxylation sites is 1. The maximum absolute atomic E-state index is 12.6. The molecule has 4 amide bonds. The van der Waals surface area contributed by atoms with E-state index in [0.29, 0.717) is 30.6 Å². The van der Waals surface area contributed by atoms with Gasteiger partial charge < -0.3 is 15.5 Å². The maximum Gasteiger partial charge on any atom is 0.329 e. The average molecular weight is 399 g/mol. The normalized spacial score (nSPS) is 27.4. The van der Waals surface area contributed by atoms with Crippen LogP contribution in [0.1, 0.15) is 44.9 Å². The van der Waals surface area contributed by atoms with Crippen molar-refractivity contribution in [3.8, 4) is 0 Å². The fourth-order valence-corrected chi connectivity index (χ4v) is 4.97. The first-order valence-electron chi connectivity index (χ1n) is 10.8. The fourth-order valence-electron chi connectivity index (χ4n) is 4.97. The summed E-state index contributed by atoms with van der Waals surface area (Å²) in [5.74, 6) is 0.187. The van der Waals surface area contributed by atoms with Gasteiger partial charge in [-0.05, 0) is 63.2 Å². The van der Waals surface area contributed by atoms with Gasteiger partial charge >= 0.3 is 6.03 Å². The number of carbonyl (C=O) groups excluding carboxylic acids is 3. The van der Waals surface area contributed by atoms with Crippen molar-refractivity contribution in [3.05, 3.63) is 30.3 Å². The van der Waals surface area contributed by atoms with E-state index < -0.39 is 12.1 Å². The molecule has 0 bridgehead atoms. The van der Waals surface area contributed by atoms with Crippen LogP contribution in [0, 0.1) is 5.92 Å². The van der Waals surface area contributed by atoms with E-state index in [1.54, 1.807) is 24.3 Å². The van der Waals surface area contributed by atoms with Gasteiger partial charge in [0.15, 0.2) is 0 Å². The molecule has 1 aromatic rings. The zero-order valence-electron chi connectivity index (χ0n) is 16.8. The largest absolute Gasteiger partial charge is 0.356 e. The van der Waals surface area contributed by atoms with Gasteiger partial charge in [0, 0.05) is 19.0 Å². The highest BCUT2D eigenvalue weighted by Gasteiger charge is 2.39. The van der Waals surface area contributed by atoms with E-state index in [4.69, 9.17) is 0 Å². The van der Waals surface area contributed by atoms with Gasteiger partial charge in [-0.3, -0.25) is 9.59 Å². The van der Waals surface area contributed by atoms with Crippen LogP contribution in [0.4, 0.5) is 10.5 Å². The number of hydrogen-bond acceptors (Lipinski definition) is 4. The molecule has 29 heavy (non-hydrogen) atoms. The molecule has 4 rings (SSSR count). The van der Waals surface area contributed by atoms with Gasteiger partial charge in [0.2, 0.25) is 5.91 Å². The molecule has 0 aromatic heterocycles. The molecule has 3 aliphatic heterocycles. The highest BCUT2D eigenvalue weighted by atomic mass is 16.2. The molecular formula is C22H30N4O3. The number of piperidine rings is 2. The van der Waals surface area contributed by atoms with Crippen molar-refractivity contribution in [2.45, 2.75) is 57.0 Å². The number of urea groups is 1. The van der Waals surface area contributed by atoms with Crippen molar-refractivity contribution in [3.63, 3.8) is 0 Å². The van der Waals surface area contributed by atoms with Gasteiger partial charge in [0.05, 0.1) is 5.69 Å². The van der Waals surface area contributed by atoms with E-state index in [1.165, 1.54) is 45.2 Å². The highest BCUT2D eigenvalue weighted by molar-refractivity contribution is 6.21. The molecule has 0 aliphatic carbocycles. The number of hydrogen-bond donors (Lipinski definition) is 2. The second-order valence-corrected chi connectivity index (χ2v) is 8.36. The van der Waals surface area contributed by atoms with Crippen LogP contribution in [-0.4, -0.2) is 54.5 Å². The van der Waals surface area contributed by atoms with Crippen molar-refractivity contribution < 1.29 is 14.4 Å². The summed E-state index contributed by atoms with van der Waals surface area (Å²) >= 11 is 0.